The maximum Gasteiger partial charge on any atom is 0.345 e. The van der Waals surface area contributed by atoms with Gasteiger partial charge in [0.2, 0.25) is 17.5 Å². The number of rotatable bonds is 4. The number of esters is 2. The summed E-state index contributed by atoms with van der Waals surface area (Å²) in [6, 6.07) is 8.21. The molecule has 0 saturated heterocycles. The van der Waals surface area contributed by atoms with E-state index in [0.29, 0.717) is 5.56 Å². The number of fused-ring (bicyclic) bond motifs is 2. The molecule has 2 N–H and O–H groups in total. The molecular weight excluding hydrogens is 435 g/mol. The van der Waals surface area contributed by atoms with Gasteiger partial charge >= 0.3 is 11.9 Å². The molecule has 2 aromatic heterocycles. The molecule has 1 aliphatic rings. The first kappa shape index (κ1) is 21.8. The van der Waals surface area contributed by atoms with Crippen LogP contribution >= 0.6 is 0 Å². The van der Waals surface area contributed by atoms with E-state index in [4.69, 9.17) is 9.47 Å². The zero-order valence-corrected chi connectivity index (χ0v) is 17.5. The Kier molecular flexibility index (Phi) is 5.42. The van der Waals surface area contributed by atoms with Gasteiger partial charge < -0.3 is 19.7 Å². The highest BCUT2D eigenvalue weighted by molar-refractivity contribution is 6.28. The van der Waals surface area contributed by atoms with Crippen molar-refractivity contribution in [3.63, 3.8) is 0 Å². The molecule has 0 saturated carbocycles. The van der Waals surface area contributed by atoms with Crippen molar-refractivity contribution in [2.24, 2.45) is 0 Å². The van der Waals surface area contributed by atoms with Crippen LogP contribution < -0.4 is 0 Å². The number of carbonyl (C=O) groups excluding carboxylic acids is 3. The van der Waals surface area contributed by atoms with E-state index in [9.17, 15) is 29.0 Å². The monoisotopic (exact) mass is 452 g/mol. The van der Waals surface area contributed by atoms with Crippen molar-refractivity contribution in [3.8, 4) is 11.8 Å². The third-order valence-corrected chi connectivity index (χ3v) is 5.26. The van der Waals surface area contributed by atoms with Crippen LogP contribution in [0.15, 0.2) is 48.2 Å². The lowest BCUT2D eigenvalue weighted by Crippen LogP contribution is -2.22. The molecular formula is C23H17FN2O7. The molecule has 0 aliphatic heterocycles. The molecule has 168 valence electrons. The van der Waals surface area contributed by atoms with Crippen LogP contribution in [0.2, 0.25) is 0 Å². The molecule has 0 unspecified atom stereocenters. The van der Waals surface area contributed by atoms with Crippen LogP contribution in [0.5, 0.6) is 11.8 Å². The van der Waals surface area contributed by atoms with Gasteiger partial charge in [0.25, 0.3) is 0 Å². The van der Waals surface area contributed by atoms with E-state index in [2.05, 4.69) is 4.98 Å². The minimum Gasteiger partial charge on any atom is -0.494 e. The summed E-state index contributed by atoms with van der Waals surface area (Å²) in [6.07, 6.45) is 1.34. The maximum atomic E-state index is 13.3. The van der Waals surface area contributed by atoms with Crippen LogP contribution in [-0.4, -0.2) is 51.7 Å². The summed E-state index contributed by atoms with van der Waals surface area (Å²) in [4.78, 5) is 42.4. The van der Waals surface area contributed by atoms with Crippen molar-refractivity contribution in [2.45, 2.75) is 6.54 Å². The molecule has 0 bridgehead atoms. The summed E-state index contributed by atoms with van der Waals surface area (Å²) in [5.74, 6) is -4.53. The Bertz CT molecular complexity index is 1320. The molecule has 1 aromatic carbocycles. The van der Waals surface area contributed by atoms with Crippen molar-refractivity contribution >= 4 is 23.3 Å². The summed E-state index contributed by atoms with van der Waals surface area (Å²) < 4.78 is 23.8. The van der Waals surface area contributed by atoms with E-state index in [1.54, 1.807) is 0 Å². The summed E-state index contributed by atoms with van der Waals surface area (Å²) in [5.41, 5.74) is -0.903. The fraction of sp³-hybridized carbons (Fsp3) is 0.130. The standard InChI is InChI=1S/C23H17FN2O7/c1-32-22(30)17(23(31)33-2)14-13-4-3-9-25-18(13)19(27)16-15(14)20(28)26(21(16)29)10-11-5-7-12(24)8-6-11/h3-9,28-29H,10H2,1-2H3. The third-order valence-electron chi connectivity index (χ3n) is 5.26. The Balaban J connectivity index is 2.06. The molecule has 0 radical (unpaired) electrons. The molecule has 3 aromatic rings. The number of carbonyl (C=O) groups is 3. The lowest BCUT2D eigenvalue weighted by Gasteiger charge is -2.20. The first-order chi connectivity index (χ1) is 15.8. The topological polar surface area (TPSA) is 128 Å². The second-order valence-corrected chi connectivity index (χ2v) is 7.07. The zero-order chi connectivity index (χ0) is 23.9. The Morgan fingerprint density at radius 1 is 1.00 bits per heavy atom. The minimum absolute atomic E-state index is 0.0787. The summed E-state index contributed by atoms with van der Waals surface area (Å²) in [5, 5.41) is 21.9. The molecule has 4 rings (SSSR count). The fourth-order valence-electron chi connectivity index (χ4n) is 3.76. The number of nitrogens with zero attached hydrogens (tertiary/aromatic N) is 2. The predicted molar refractivity (Wildman–Crippen MR) is 111 cm³/mol. The normalized spacial score (nSPS) is 12.1. The number of aromatic nitrogens is 2. The first-order valence-electron chi connectivity index (χ1n) is 9.60. The van der Waals surface area contributed by atoms with E-state index in [1.165, 1.54) is 42.6 Å². The predicted octanol–water partition coefficient (Wildman–Crippen LogP) is 2.17. The van der Waals surface area contributed by atoms with Crippen LogP contribution in [0.3, 0.4) is 0 Å². The Morgan fingerprint density at radius 3 is 2.21 bits per heavy atom. The number of pyridine rings is 1. The van der Waals surface area contributed by atoms with Crippen LogP contribution in [0.1, 0.15) is 32.7 Å². The van der Waals surface area contributed by atoms with Gasteiger partial charge in [0.1, 0.15) is 11.5 Å². The number of ketones is 1. The number of benzene rings is 1. The molecule has 9 nitrogen and oxygen atoms in total. The Hall–Kier alpha value is -4.47. The highest BCUT2D eigenvalue weighted by Crippen LogP contribution is 2.47. The van der Waals surface area contributed by atoms with Crippen molar-refractivity contribution in [2.75, 3.05) is 14.2 Å². The van der Waals surface area contributed by atoms with E-state index in [-0.39, 0.29) is 34.5 Å². The van der Waals surface area contributed by atoms with Gasteiger partial charge in [0.15, 0.2) is 5.57 Å². The van der Waals surface area contributed by atoms with Crippen molar-refractivity contribution < 1.29 is 38.5 Å². The largest absolute Gasteiger partial charge is 0.494 e. The quantitative estimate of drug-likeness (QED) is 0.209. The number of methoxy groups -OCH3 is 2. The van der Waals surface area contributed by atoms with Gasteiger partial charge in [-0.2, -0.15) is 0 Å². The number of ether oxygens (including phenoxy) is 2. The molecule has 0 amide bonds. The lowest BCUT2D eigenvalue weighted by atomic mass is 9.83. The van der Waals surface area contributed by atoms with Gasteiger partial charge in [0.05, 0.1) is 31.9 Å². The fourth-order valence-corrected chi connectivity index (χ4v) is 3.76. The van der Waals surface area contributed by atoms with Gasteiger partial charge in [-0.05, 0) is 23.8 Å². The second-order valence-electron chi connectivity index (χ2n) is 7.07. The molecule has 10 heteroatoms. The summed E-state index contributed by atoms with van der Waals surface area (Å²) in [6.45, 7) is -0.138. The average Bonchev–Trinajstić information content (AvgIpc) is 3.07. The highest BCUT2D eigenvalue weighted by Gasteiger charge is 2.41. The third kappa shape index (κ3) is 3.41. The van der Waals surface area contributed by atoms with Gasteiger partial charge in [-0.15, -0.1) is 0 Å². The van der Waals surface area contributed by atoms with E-state index < -0.39 is 40.9 Å². The number of hydrogen-bond donors (Lipinski definition) is 2. The zero-order valence-electron chi connectivity index (χ0n) is 17.5. The van der Waals surface area contributed by atoms with Gasteiger partial charge in [-0.1, -0.05) is 18.2 Å². The van der Waals surface area contributed by atoms with Crippen molar-refractivity contribution in [1.29, 1.82) is 0 Å². The summed E-state index contributed by atoms with van der Waals surface area (Å²) >= 11 is 0. The Labute approximate surface area is 186 Å². The molecule has 33 heavy (non-hydrogen) atoms. The molecule has 1 aliphatic carbocycles. The van der Waals surface area contributed by atoms with E-state index in [1.807, 2.05) is 0 Å². The van der Waals surface area contributed by atoms with Crippen LogP contribution in [0, 0.1) is 5.82 Å². The maximum absolute atomic E-state index is 13.3. The molecule has 0 spiro atoms. The van der Waals surface area contributed by atoms with Gasteiger partial charge in [-0.25, -0.2) is 14.0 Å². The van der Waals surface area contributed by atoms with Crippen LogP contribution in [0.4, 0.5) is 4.39 Å². The van der Waals surface area contributed by atoms with E-state index in [0.717, 1.165) is 18.8 Å². The number of halogens is 1. The van der Waals surface area contributed by atoms with Gasteiger partial charge in [-0.3, -0.25) is 14.3 Å². The van der Waals surface area contributed by atoms with Crippen LogP contribution in [-0.2, 0) is 25.6 Å². The van der Waals surface area contributed by atoms with Crippen LogP contribution in [0.25, 0.3) is 5.57 Å². The lowest BCUT2D eigenvalue weighted by molar-refractivity contribution is -0.143. The average molecular weight is 452 g/mol. The minimum atomic E-state index is -1.07. The number of aromatic hydroxyl groups is 2. The van der Waals surface area contributed by atoms with Crippen molar-refractivity contribution in [3.05, 3.63) is 81.9 Å². The SMILES string of the molecule is COC(=O)C(C(=O)OC)=C1c2cccnc2C(=O)c2c1c(O)n(Cc1ccc(F)cc1)c2O. The molecule has 2 heterocycles. The Morgan fingerprint density at radius 2 is 1.61 bits per heavy atom. The second kappa shape index (κ2) is 8.23. The molecule has 0 fully saturated rings. The smallest absolute Gasteiger partial charge is 0.345 e. The van der Waals surface area contributed by atoms with Gasteiger partial charge in [0, 0.05) is 17.3 Å². The first-order valence-corrected chi connectivity index (χ1v) is 9.60. The van der Waals surface area contributed by atoms with Crippen molar-refractivity contribution in [1.82, 2.24) is 9.55 Å². The van der Waals surface area contributed by atoms with E-state index >= 15 is 0 Å². The highest BCUT2D eigenvalue weighted by atomic mass is 19.1. The number of hydrogen-bond acceptors (Lipinski definition) is 8. The summed E-state index contributed by atoms with van der Waals surface area (Å²) in [7, 11) is 2.11. The molecule has 0 atom stereocenters.